The van der Waals surface area contributed by atoms with Crippen molar-refractivity contribution in [3.8, 4) is 11.4 Å². The molecule has 5 nitrogen and oxygen atoms in total. The summed E-state index contributed by atoms with van der Waals surface area (Å²) in [5, 5.41) is 4.65. The first-order valence-electron chi connectivity index (χ1n) is 8.07. The summed E-state index contributed by atoms with van der Waals surface area (Å²) in [5.74, 6) is 0.938. The average Bonchev–Trinajstić information content (AvgIpc) is 3.22. The number of anilines is 1. The maximum Gasteiger partial charge on any atom is 0.232 e. The van der Waals surface area contributed by atoms with E-state index in [1.807, 2.05) is 43.3 Å². The van der Waals surface area contributed by atoms with Crippen LogP contribution >= 0.6 is 11.6 Å². The zero-order valence-corrected chi connectivity index (χ0v) is 14.4. The van der Waals surface area contributed by atoms with Crippen LogP contribution < -0.4 is 4.90 Å². The normalized spacial score (nSPS) is 17.3. The van der Waals surface area contributed by atoms with Crippen LogP contribution in [0.3, 0.4) is 0 Å². The Morgan fingerprint density at radius 1 is 1.20 bits per heavy atom. The Balaban J connectivity index is 1.58. The number of amides is 1. The molecule has 0 N–H and O–H groups in total. The average molecular weight is 354 g/mol. The first-order valence-corrected chi connectivity index (χ1v) is 8.45. The number of benzene rings is 2. The summed E-state index contributed by atoms with van der Waals surface area (Å²) < 4.78 is 5.42. The van der Waals surface area contributed by atoms with Crippen molar-refractivity contribution in [2.24, 2.45) is 0 Å². The van der Waals surface area contributed by atoms with Gasteiger partial charge in [0.05, 0.1) is 5.92 Å². The molecular weight excluding hydrogens is 338 g/mol. The lowest BCUT2D eigenvalue weighted by atomic mass is 10.1. The lowest BCUT2D eigenvalue weighted by Gasteiger charge is -2.18. The van der Waals surface area contributed by atoms with Crippen molar-refractivity contribution >= 4 is 23.2 Å². The van der Waals surface area contributed by atoms with Crippen molar-refractivity contribution < 1.29 is 9.32 Å². The Bertz CT molecular complexity index is 938. The Morgan fingerprint density at radius 2 is 2.04 bits per heavy atom. The highest BCUT2D eigenvalue weighted by Gasteiger charge is 2.35. The molecule has 0 spiro atoms. The van der Waals surface area contributed by atoms with Gasteiger partial charge in [0.2, 0.25) is 17.6 Å². The zero-order chi connectivity index (χ0) is 17.4. The van der Waals surface area contributed by atoms with Crippen LogP contribution in [0.15, 0.2) is 53.1 Å². The van der Waals surface area contributed by atoms with E-state index in [0.717, 1.165) is 16.8 Å². The van der Waals surface area contributed by atoms with Crippen LogP contribution in [0.25, 0.3) is 11.4 Å². The molecule has 0 saturated carbocycles. The standard InChI is InChI=1S/C19H16ClN3O2/c1-12-5-2-3-8-16(12)23-11-14(10-17(23)24)19-21-18(22-25-19)13-6-4-7-15(20)9-13/h2-9,14H,10-11H2,1H3. The molecule has 0 radical (unpaired) electrons. The fourth-order valence-electron chi connectivity index (χ4n) is 3.12. The molecule has 2 aromatic carbocycles. The molecule has 0 aliphatic carbocycles. The first kappa shape index (κ1) is 15.8. The molecule has 1 aliphatic heterocycles. The van der Waals surface area contributed by atoms with Crippen molar-refractivity contribution in [2.75, 3.05) is 11.4 Å². The van der Waals surface area contributed by atoms with Crippen molar-refractivity contribution in [3.63, 3.8) is 0 Å². The van der Waals surface area contributed by atoms with E-state index in [1.165, 1.54) is 0 Å². The molecular formula is C19H16ClN3O2. The summed E-state index contributed by atoms with van der Waals surface area (Å²) >= 11 is 6.01. The largest absolute Gasteiger partial charge is 0.339 e. The van der Waals surface area contributed by atoms with Crippen LogP contribution in [0, 0.1) is 6.92 Å². The van der Waals surface area contributed by atoms with Gasteiger partial charge in [0.1, 0.15) is 0 Å². The predicted octanol–water partition coefficient (Wildman–Crippen LogP) is 4.22. The highest BCUT2D eigenvalue weighted by atomic mass is 35.5. The monoisotopic (exact) mass is 353 g/mol. The first-order chi connectivity index (χ1) is 12.1. The van der Waals surface area contributed by atoms with Gasteiger partial charge in [-0.15, -0.1) is 0 Å². The Labute approximate surface area is 150 Å². The second-order valence-corrected chi connectivity index (χ2v) is 6.59. The van der Waals surface area contributed by atoms with Gasteiger partial charge in [0, 0.05) is 29.2 Å². The van der Waals surface area contributed by atoms with Crippen LogP contribution in [0.2, 0.25) is 5.02 Å². The summed E-state index contributed by atoms with van der Waals surface area (Å²) in [6.45, 7) is 2.54. The van der Waals surface area contributed by atoms with Crippen LogP contribution in [-0.2, 0) is 4.79 Å². The lowest BCUT2D eigenvalue weighted by molar-refractivity contribution is -0.117. The number of halogens is 1. The van der Waals surface area contributed by atoms with E-state index in [4.69, 9.17) is 16.1 Å². The molecule has 1 fully saturated rings. The molecule has 1 saturated heterocycles. The van der Waals surface area contributed by atoms with Crippen LogP contribution in [0.4, 0.5) is 5.69 Å². The molecule has 25 heavy (non-hydrogen) atoms. The van der Waals surface area contributed by atoms with E-state index >= 15 is 0 Å². The van der Waals surface area contributed by atoms with E-state index in [0.29, 0.717) is 29.7 Å². The van der Waals surface area contributed by atoms with E-state index in [2.05, 4.69) is 10.1 Å². The highest BCUT2D eigenvalue weighted by molar-refractivity contribution is 6.30. The third kappa shape index (κ3) is 3.03. The number of carbonyl (C=O) groups excluding carboxylic acids is 1. The number of aryl methyl sites for hydroxylation is 1. The van der Waals surface area contributed by atoms with Crippen molar-refractivity contribution in [1.82, 2.24) is 10.1 Å². The predicted molar refractivity (Wildman–Crippen MR) is 95.6 cm³/mol. The highest BCUT2D eigenvalue weighted by Crippen LogP contribution is 2.33. The quantitative estimate of drug-likeness (QED) is 0.707. The van der Waals surface area contributed by atoms with Gasteiger partial charge in [-0.3, -0.25) is 4.79 Å². The third-order valence-electron chi connectivity index (χ3n) is 4.41. The number of hydrogen-bond acceptors (Lipinski definition) is 4. The van der Waals surface area contributed by atoms with Crippen LogP contribution in [0.5, 0.6) is 0 Å². The van der Waals surface area contributed by atoms with Gasteiger partial charge >= 0.3 is 0 Å². The van der Waals surface area contributed by atoms with Gasteiger partial charge in [-0.1, -0.05) is 47.1 Å². The molecule has 1 unspecified atom stereocenters. The summed E-state index contributed by atoms with van der Waals surface area (Å²) in [6, 6.07) is 15.2. The number of nitrogens with zero attached hydrogens (tertiary/aromatic N) is 3. The fourth-order valence-corrected chi connectivity index (χ4v) is 3.31. The second-order valence-electron chi connectivity index (χ2n) is 6.16. The summed E-state index contributed by atoms with van der Waals surface area (Å²) in [5.41, 5.74) is 2.80. The fraction of sp³-hybridized carbons (Fsp3) is 0.211. The third-order valence-corrected chi connectivity index (χ3v) is 4.64. The Kier molecular flexibility index (Phi) is 4.01. The van der Waals surface area contributed by atoms with Gasteiger partial charge in [0.15, 0.2) is 0 Å². The minimum atomic E-state index is -0.104. The van der Waals surface area contributed by atoms with E-state index in [-0.39, 0.29) is 11.8 Å². The van der Waals surface area contributed by atoms with Crippen LogP contribution in [0.1, 0.15) is 23.8 Å². The van der Waals surface area contributed by atoms with Crippen molar-refractivity contribution in [3.05, 3.63) is 65.0 Å². The molecule has 1 atom stereocenters. The number of aromatic nitrogens is 2. The molecule has 6 heteroatoms. The Morgan fingerprint density at radius 3 is 2.84 bits per heavy atom. The molecule has 3 aromatic rings. The topological polar surface area (TPSA) is 59.2 Å². The maximum atomic E-state index is 12.5. The lowest BCUT2D eigenvalue weighted by Crippen LogP contribution is -2.25. The molecule has 4 rings (SSSR count). The maximum absolute atomic E-state index is 12.5. The Hall–Kier alpha value is -2.66. The smallest absolute Gasteiger partial charge is 0.232 e. The number of rotatable bonds is 3. The van der Waals surface area contributed by atoms with Gasteiger partial charge in [0.25, 0.3) is 0 Å². The molecule has 1 aliphatic rings. The second kappa shape index (κ2) is 6.33. The van der Waals surface area contributed by atoms with E-state index < -0.39 is 0 Å². The van der Waals surface area contributed by atoms with Crippen molar-refractivity contribution in [2.45, 2.75) is 19.3 Å². The van der Waals surface area contributed by atoms with Crippen LogP contribution in [-0.4, -0.2) is 22.6 Å². The van der Waals surface area contributed by atoms with E-state index in [1.54, 1.807) is 17.0 Å². The summed E-state index contributed by atoms with van der Waals surface area (Å²) in [4.78, 5) is 18.7. The van der Waals surface area contributed by atoms with Crippen molar-refractivity contribution in [1.29, 1.82) is 0 Å². The molecule has 0 bridgehead atoms. The van der Waals surface area contributed by atoms with Gasteiger partial charge in [-0.2, -0.15) is 4.98 Å². The molecule has 126 valence electrons. The molecule has 1 amide bonds. The molecule has 1 aromatic heterocycles. The minimum absolute atomic E-state index is 0.0711. The number of para-hydroxylation sites is 1. The SMILES string of the molecule is Cc1ccccc1N1CC(c2nc(-c3cccc(Cl)c3)no2)CC1=O. The number of hydrogen-bond donors (Lipinski definition) is 0. The van der Waals surface area contributed by atoms with Gasteiger partial charge in [-0.05, 0) is 30.7 Å². The molecule has 2 heterocycles. The summed E-state index contributed by atoms with van der Waals surface area (Å²) in [6.07, 6.45) is 0.367. The summed E-state index contributed by atoms with van der Waals surface area (Å²) in [7, 11) is 0. The zero-order valence-electron chi connectivity index (χ0n) is 13.6. The minimum Gasteiger partial charge on any atom is -0.339 e. The van der Waals surface area contributed by atoms with Gasteiger partial charge in [-0.25, -0.2) is 0 Å². The number of carbonyl (C=O) groups is 1. The van der Waals surface area contributed by atoms with E-state index in [9.17, 15) is 4.79 Å². The van der Waals surface area contributed by atoms with Gasteiger partial charge < -0.3 is 9.42 Å².